The van der Waals surface area contributed by atoms with E-state index < -0.39 is 52.5 Å². The summed E-state index contributed by atoms with van der Waals surface area (Å²) in [5, 5.41) is 27.8. The van der Waals surface area contributed by atoms with Gasteiger partial charge in [0.1, 0.15) is 5.69 Å². The molecule has 6 aromatic rings. The molecular weight excluding hydrogens is 651 g/mol. The normalized spacial score (nSPS) is 21.9. The maximum Gasteiger partial charge on any atom is 0.433 e. The molecule has 0 spiro atoms. The molecule has 0 radical (unpaired) electrons. The fourth-order valence-corrected chi connectivity index (χ4v) is 8.39. The topological polar surface area (TPSA) is 81.5 Å². The van der Waals surface area contributed by atoms with Gasteiger partial charge in [0.2, 0.25) is 0 Å². The Balaban J connectivity index is 1.28. The summed E-state index contributed by atoms with van der Waals surface area (Å²) in [5.41, 5.74) is 1.71. The van der Waals surface area contributed by atoms with Gasteiger partial charge in [-0.1, -0.05) is 115 Å². The summed E-state index contributed by atoms with van der Waals surface area (Å²) in [7, 11) is 1.96. The Hall–Kier alpha value is -5.38. The molecule has 51 heavy (non-hydrogen) atoms. The van der Waals surface area contributed by atoms with Crippen LogP contribution in [0.15, 0.2) is 144 Å². The smallest absolute Gasteiger partial charge is 0.392 e. The van der Waals surface area contributed by atoms with Crippen LogP contribution in [0.2, 0.25) is 0 Å². The first-order valence-corrected chi connectivity index (χ1v) is 17.0. The second-order valence-electron chi connectivity index (χ2n) is 13.7. The first kappa shape index (κ1) is 32.8. The minimum absolute atomic E-state index is 0.213. The minimum Gasteiger partial charge on any atom is -0.392 e. The number of aromatic nitrogens is 2. The SMILES string of the molecule is CN1/C(=C/C2C(O)C(c3c(C(F)(F)F)[nH]n(-c4ccccc4)c3=O)C2O)C(Cc2ccccc2)(Cc2ccccc2)c2c1ccc1ccccc21. The predicted octanol–water partition coefficient (Wildman–Crippen LogP) is 7.53. The van der Waals surface area contributed by atoms with Gasteiger partial charge in [0, 0.05) is 35.7 Å². The van der Waals surface area contributed by atoms with Gasteiger partial charge in [0.15, 0.2) is 0 Å². The molecule has 1 aromatic heterocycles. The number of alkyl halides is 3. The number of nitrogens with one attached hydrogen (secondary N) is 1. The second kappa shape index (κ2) is 12.4. The second-order valence-corrected chi connectivity index (χ2v) is 13.7. The van der Waals surface area contributed by atoms with E-state index in [9.17, 15) is 28.2 Å². The summed E-state index contributed by atoms with van der Waals surface area (Å²) in [5.74, 6) is -2.40. The Morgan fingerprint density at radius 2 is 1.31 bits per heavy atom. The quantitative estimate of drug-likeness (QED) is 0.162. The van der Waals surface area contributed by atoms with Crippen molar-refractivity contribution in [2.24, 2.45) is 5.92 Å². The minimum atomic E-state index is -4.92. The van der Waals surface area contributed by atoms with Gasteiger partial charge in [0.25, 0.3) is 5.56 Å². The molecule has 258 valence electrons. The third-order valence-electron chi connectivity index (χ3n) is 10.7. The van der Waals surface area contributed by atoms with Crippen molar-refractivity contribution in [3.63, 3.8) is 0 Å². The van der Waals surface area contributed by atoms with Gasteiger partial charge < -0.3 is 15.1 Å². The first-order chi connectivity index (χ1) is 24.6. The number of allylic oxidation sites excluding steroid dienone is 1. The van der Waals surface area contributed by atoms with E-state index >= 15 is 0 Å². The van der Waals surface area contributed by atoms with E-state index in [1.165, 1.54) is 12.1 Å². The predicted molar refractivity (Wildman–Crippen MR) is 192 cm³/mol. The van der Waals surface area contributed by atoms with Gasteiger partial charge in [0.05, 0.1) is 23.5 Å². The molecule has 0 saturated heterocycles. The van der Waals surface area contributed by atoms with Crippen LogP contribution in [0, 0.1) is 5.92 Å². The van der Waals surface area contributed by atoms with Gasteiger partial charge in [-0.15, -0.1) is 0 Å². The monoisotopic (exact) mass is 687 g/mol. The standard InChI is InChI=1S/C42H36F3N3O3/c1-47-32-22-21-28-17-11-12-20-30(28)36(32)41(24-26-13-5-2-6-14-26,25-27-15-7-3-8-16-27)33(47)23-31-37(49)34(38(31)50)35-39(42(43,44)45)46-48(40(35)51)29-18-9-4-10-19-29/h2-23,31,34,37-38,46,49-50H,24-25H2,1H3/b33-23+. The number of nitrogens with zero attached hydrogens (tertiary/aromatic N) is 2. The Labute approximate surface area is 292 Å². The molecule has 1 aliphatic carbocycles. The van der Waals surface area contributed by atoms with Crippen LogP contribution < -0.4 is 10.5 Å². The molecular formula is C42H36F3N3O3. The average molecular weight is 688 g/mol. The molecule has 5 aromatic carbocycles. The maximum atomic E-state index is 14.4. The van der Waals surface area contributed by atoms with Crippen LogP contribution in [0.3, 0.4) is 0 Å². The van der Waals surface area contributed by atoms with Crippen LogP contribution in [-0.2, 0) is 24.4 Å². The van der Waals surface area contributed by atoms with Gasteiger partial charge in [-0.25, -0.2) is 4.68 Å². The van der Waals surface area contributed by atoms with Crippen molar-refractivity contribution in [1.82, 2.24) is 9.78 Å². The highest BCUT2D eigenvalue weighted by Crippen LogP contribution is 2.56. The fourth-order valence-electron chi connectivity index (χ4n) is 8.39. The highest BCUT2D eigenvalue weighted by atomic mass is 19.4. The lowest BCUT2D eigenvalue weighted by Crippen LogP contribution is -2.55. The van der Waals surface area contributed by atoms with E-state index in [1.54, 1.807) is 18.2 Å². The lowest BCUT2D eigenvalue weighted by atomic mass is 9.63. The molecule has 0 amide bonds. The molecule has 2 atom stereocenters. The van der Waals surface area contributed by atoms with Crippen molar-refractivity contribution in [2.45, 2.75) is 42.6 Å². The number of halogens is 3. The van der Waals surface area contributed by atoms with Crippen LogP contribution in [0.1, 0.15) is 33.9 Å². The van der Waals surface area contributed by atoms with Crippen molar-refractivity contribution >= 4 is 16.5 Å². The van der Waals surface area contributed by atoms with Gasteiger partial charge in [-0.3, -0.25) is 9.89 Å². The molecule has 1 aliphatic heterocycles. The van der Waals surface area contributed by atoms with Crippen molar-refractivity contribution in [1.29, 1.82) is 0 Å². The number of anilines is 1. The number of likely N-dealkylation sites (N-methyl/N-ethyl adjacent to an activating group) is 1. The van der Waals surface area contributed by atoms with Crippen LogP contribution in [0.4, 0.5) is 18.9 Å². The highest BCUT2D eigenvalue weighted by molar-refractivity contribution is 5.95. The molecule has 1 fully saturated rings. The van der Waals surface area contributed by atoms with Gasteiger partial charge in [-0.2, -0.15) is 13.2 Å². The molecule has 0 bridgehead atoms. The third kappa shape index (κ3) is 5.39. The van der Waals surface area contributed by atoms with Crippen LogP contribution in [0.5, 0.6) is 0 Å². The number of aliphatic hydroxyl groups excluding tert-OH is 2. The summed E-state index contributed by atoms with van der Waals surface area (Å²) >= 11 is 0. The number of fused-ring (bicyclic) bond motifs is 3. The summed E-state index contributed by atoms with van der Waals surface area (Å²) in [6, 6.07) is 40.6. The number of aromatic amines is 1. The van der Waals surface area contributed by atoms with Crippen molar-refractivity contribution in [3.8, 4) is 5.69 Å². The van der Waals surface area contributed by atoms with Crippen LogP contribution in [0.25, 0.3) is 16.5 Å². The Bertz CT molecular complexity index is 2250. The summed E-state index contributed by atoms with van der Waals surface area (Å²) in [4.78, 5) is 15.7. The number of hydrogen-bond acceptors (Lipinski definition) is 4. The van der Waals surface area contributed by atoms with E-state index in [0.29, 0.717) is 12.8 Å². The van der Waals surface area contributed by atoms with Crippen LogP contribution >= 0.6 is 0 Å². The van der Waals surface area contributed by atoms with Crippen molar-refractivity contribution in [2.75, 3.05) is 11.9 Å². The number of rotatable bonds is 7. The van der Waals surface area contributed by atoms with Crippen molar-refractivity contribution in [3.05, 3.63) is 177 Å². The summed E-state index contributed by atoms with van der Waals surface area (Å²) < 4.78 is 44.1. The molecule has 8 rings (SSSR count). The molecule has 9 heteroatoms. The molecule has 3 N–H and O–H groups in total. The maximum absolute atomic E-state index is 14.4. The zero-order chi connectivity index (χ0) is 35.5. The van der Waals surface area contributed by atoms with E-state index in [4.69, 9.17) is 0 Å². The van der Waals surface area contributed by atoms with E-state index in [-0.39, 0.29) is 5.69 Å². The zero-order valence-electron chi connectivity index (χ0n) is 27.8. The van der Waals surface area contributed by atoms with E-state index in [2.05, 4.69) is 58.5 Å². The number of benzene rings is 5. The third-order valence-corrected chi connectivity index (χ3v) is 10.7. The van der Waals surface area contributed by atoms with Gasteiger partial charge in [-0.05, 0) is 58.5 Å². The summed E-state index contributed by atoms with van der Waals surface area (Å²) in [6.07, 6.45) is -4.84. The first-order valence-electron chi connectivity index (χ1n) is 17.0. The zero-order valence-corrected chi connectivity index (χ0v) is 27.8. The molecule has 1 saturated carbocycles. The number of H-pyrrole nitrogens is 1. The average Bonchev–Trinajstić information content (AvgIpc) is 3.59. The largest absolute Gasteiger partial charge is 0.433 e. The summed E-state index contributed by atoms with van der Waals surface area (Å²) in [6.45, 7) is 0. The van der Waals surface area contributed by atoms with E-state index in [1.807, 2.05) is 61.7 Å². The number of aliphatic hydroxyl groups is 2. The van der Waals surface area contributed by atoms with E-state index in [0.717, 1.165) is 43.5 Å². The highest BCUT2D eigenvalue weighted by Gasteiger charge is 2.56. The Kier molecular flexibility index (Phi) is 8.00. The lowest BCUT2D eigenvalue weighted by molar-refractivity contribution is -0.145. The molecule has 2 heterocycles. The molecule has 2 aliphatic rings. The number of para-hydroxylation sites is 1. The Morgan fingerprint density at radius 3 is 1.90 bits per heavy atom. The molecule has 6 nitrogen and oxygen atoms in total. The molecule has 2 unspecified atom stereocenters. The van der Waals surface area contributed by atoms with Crippen molar-refractivity contribution < 1.29 is 23.4 Å². The lowest BCUT2D eigenvalue weighted by Gasteiger charge is -2.46. The fraction of sp³-hybridized carbons (Fsp3) is 0.214. The number of hydrogen-bond donors (Lipinski definition) is 3. The van der Waals surface area contributed by atoms with Gasteiger partial charge >= 0.3 is 6.18 Å². The Morgan fingerprint density at radius 1 is 0.765 bits per heavy atom. The van der Waals surface area contributed by atoms with Crippen LogP contribution in [-0.4, -0.2) is 39.2 Å².